The lowest BCUT2D eigenvalue weighted by atomic mass is 10.2. The molecule has 0 amide bonds. The van der Waals surface area contributed by atoms with Gasteiger partial charge in [0.25, 0.3) is 0 Å². The molecule has 0 aliphatic carbocycles. The summed E-state index contributed by atoms with van der Waals surface area (Å²) in [6, 6.07) is 9.14. The van der Waals surface area contributed by atoms with Crippen LogP contribution in [0.25, 0.3) is 0 Å². The standard InChI is InChI=1S/C16H19N5O3S/c1-3-15(16-18-12(2)24-19-16)20-25(22,23)14-9-17-21(11-14)10-13-7-5-4-6-8-13/h4-9,11,15,20H,3,10H2,1-2H3/t15-/m1/s1. The molecule has 0 fully saturated rings. The van der Waals surface area contributed by atoms with Gasteiger partial charge in [-0.15, -0.1) is 0 Å². The van der Waals surface area contributed by atoms with Crippen LogP contribution in [0, 0.1) is 6.92 Å². The highest BCUT2D eigenvalue weighted by Gasteiger charge is 2.24. The van der Waals surface area contributed by atoms with E-state index in [4.69, 9.17) is 4.52 Å². The highest BCUT2D eigenvalue weighted by atomic mass is 32.2. The number of sulfonamides is 1. The summed E-state index contributed by atoms with van der Waals surface area (Å²) >= 11 is 0. The van der Waals surface area contributed by atoms with E-state index in [1.807, 2.05) is 37.3 Å². The third-order valence-corrected chi connectivity index (χ3v) is 5.09. The molecule has 0 unspecified atom stereocenters. The Kier molecular flexibility index (Phi) is 4.95. The monoisotopic (exact) mass is 361 g/mol. The fourth-order valence-electron chi connectivity index (χ4n) is 2.37. The molecule has 0 aliphatic rings. The first-order valence-electron chi connectivity index (χ1n) is 7.87. The molecule has 25 heavy (non-hydrogen) atoms. The number of nitrogens with one attached hydrogen (secondary N) is 1. The number of benzene rings is 1. The van der Waals surface area contributed by atoms with Gasteiger partial charge in [0.15, 0.2) is 5.82 Å². The van der Waals surface area contributed by atoms with Crippen LogP contribution in [-0.2, 0) is 16.6 Å². The van der Waals surface area contributed by atoms with E-state index in [1.54, 1.807) is 11.6 Å². The van der Waals surface area contributed by atoms with E-state index in [0.29, 0.717) is 24.7 Å². The maximum atomic E-state index is 12.6. The Morgan fingerprint density at radius 2 is 2.04 bits per heavy atom. The van der Waals surface area contributed by atoms with Crippen LogP contribution in [0.4, 0.5) is 0 Å². The van der Waals surface area contributed by atoms with E-state index in [-0.39, 0.29) is 4.90 Å². The minimum absolute atomic E-state index is 0.0992. The van der Waals surface area contributed by atoms with Gasteiger partial charge in [0, 0.05) is 13.1 Å². The van der Waals surface area contributed by atoms with Crippen molar-refractivity contribution in [3.05, 3.63) is 60.0 Å². The summed E-state index contributed by atoms with van der Waals surface area (Å²) in [6.45, 7) is 4.00. The van der Waals surface area contributed by atoms with Gasteiger partial charge in [-0.1, -0.05) is 42.4 Å². The zero-order valence-corrected chi connectivity index (χ0v) is 14.8. The van der Waals surface area contributed by atoms with Crippen LogP contribution >= 0.6 is 0 Å². The van der Waals surface area contributed by atoms with Gasteiger partial charge in [0.1, 0.15) is 4.90 Å². The summed E-state index contributed by atoms with van der Waals surface area (Å²) in [5.74, 6) is 0.712. The minimum Gasteiger partial charge on any atom is -0.340 e. The van der Waals surface area contributed by atoms with E-state index in [1.165, 1.54) is 12.4 Å². The van der Waals surface area contributed by atoms with Crippen molar-refractivity contribution in [1.29, 1.82) is 0 Å². The Balaban J connectivity index is 1.76. The molecule has 3 rings (SSSR count). The third kappa shape index (κ3) is 4.12. The van der Waals surface area contributed by atoms with Crippen LogP contribution in [0.5, 0.6) is 0 Å². The molecule has 8 nitrogen and oxygen atoms in total. The molecule has 1 aromatic carbocycles. The number of rotatable bonds is 7. The highest BCUT2D eigenvalue weighted by molar-refractivity contribution is 7.89. The predicted octanol–water partition coefficient (Wildman–Crippen LogP) is 2.05. The molecule has 1 N–H and O–H groups in total. The Bertz CT molecular complexity index is 934. The van der Waals surface area contributed by atoms with Crippen molar-refractivity contribution in [2.24, 2.45) is 0 Å². The molecular formula is C16H19N5O3S. The summed E-state index contributed by atoms with van der Waals surface area (Å²) in [5, 5.41) is 7.93. The number of aryl methyl sites for hydroxylation is 1. The summed E-state index contributed by atoms with van der Waals surface area (Å²) in [5.41, 5.74) is 1.04. The SMILES string of the molecule is CC[C@@H](NS(=O)(=O)c1cnn(Cc2ccccc2)c1)c1noc(C)n1. The summed E-state index contributed by atoms with van der Waals surface area (Å²) < 4.78 is 34.3. The lowest BCUT2D eigenvalue weighted by Gasteiger charge is -2.12. The first kappa shape index (κ1) is 17.3. The molecule has 0 saturated heterocycles. The molecule has 0 bridgehead atoms. The largest absolute Gasteiger partial charge is 0.340 e. The topological polar surface area (TPSA) is 103 Å². The van der Waals surface area contributed by atoms with Gasteiger partial charge in [-0.2, -0.15) is 10.1 Å². The molecule has 0 saturated carbocycles. The Morgan fingerprint density at radius 1 is 1.28 bits per heavy atom. The average Bonchev–Trinajstić information content (AvgIpc) is 3.23. The van der Waals surface area contributed by atoms with Crippen LogP contribution in [0.2, 0.25) is 0 Å². The Morgan fingerprint density at radius 3 is 2.68 bits per heavy atom. The summed E-state index contributed by atoms with van der Waals surface area (Å²) in [4.78, 5) is 4.19. The molecule has 9 heteroatoms. The molecular weight excluding hydrogens is 342 g/mol. The van der Waals surface area contributed by atoms with E-state index >= 15 is 0 Å². The Labute approximate surface area is 145 Å². The van der Waals surface area contributed by atoms with Crippen LogP contribution in [0.3, 0.4) is 0 Å². The second-order valence-electron chi connectivity index (χ2n) is 5.61. The Hall–Kier alpha value is -2.52. The molecule has 0 aliphatic heterocycles. The van der Waals surface area contributed by atoms with Gasteiger partial charge in [-0.25, -0.2) is 13.1 Å². The van der Waals surface area contributed by atoms with Crippen LogP contribution < -0.4 is 4.72 Å². The van der Waals surface area contributed by atoms with Gasteiger partial charge < -0.3 is 4.52 Å². The lowest BCUT2D eigenvalue weighted by molar-refractivity contribution is 0.380. The minimum atomic E-state index is -3.74. The predicted molar refractivity (Wildman–Crippen MR) is 90.2 cm³/mol. The van der Waals surface area contributed by atoms with Crippen molar-refractivity contribution >= 4 is 10.0 Å². The fourth-order valence-corrected chi connectivity index (χ4v) is 3.60. The average molecular weight is 361 g/mol. The zero-order valence-electron chi connectivity index (χ0n) is 14.0. The van der Waals surface area contributed by atoms with Crippen molar-refractivity contribution in [2.45, 2.75) is 37.8 Å². The van der Waals surface area contributed by atoms with Gasteiger partial charge in [0.05, 0.1) is 18.8 Å². The van der Waals surface area contributed by atoms with Gasteiger partial charge >= 0.3 is 0 Å². The molecule has 0 spiro atoms. The smallest absolute Gasteiger partial charge is 0.244 e. The molecule has 0 radical (unpaired) electrons. The molecule has 2 aromatic heterocycles. The number of hydrogen-bond acceptors (Lipinski definition) is 6. The molecule has 2 heterocycles. The van der Waals surface area contributed by atoms with Gasteiger partial charge in [-0.3, -0.25) is 4.68 Å². The summed E-state index contributed by atoms with van der Waals surface area (Å²) in [6.07, 6.45) is 3.33. The first-order chi connectivity index (χ1) is 12.0. The second-order valence-corrected chi connectivity index (χ2v) is 7.33. The van der Waals surface area contributed by atoms with Crippen molar-refractivity contribution < 1.29 is 12.9 Å². The van der Waals surface area contributed by atoms with Crippen LogP contribution in [0.1, 0.15) is 36.7 Å². The van der Waals surface area contributed by atoms with E-state index < -0.39 is 16.1 Å². The van der Waals surface area contributed by atoms with Crippen molar-refractivity contribution in [3.8, 4) is 0 Å². The van der Waals surface area contributed by atoms with Crippen molar-refractivity contribution in [2.75, 3.05) is 0 Å². The number of nitrogens with zero attached hydrogens (tertiary/aromatic N) is 4. The zero-order chi connectivity index (χ0) is 17.9. The van der Waals surface area contributed by atoms with E-state index in [2.05, 4.69) is 20.0 Å². The lowest BCUT2D eigenvalue weighted by Crippen LogP contribution is -2.28. The number of aromatic nitrogens is 4. The summed E-state index contributed by atoms with van der Waals surface area (Å²) in [7, 11) is -3.74. The normalized spacial score (nSPS) is 13.0. The maximum absolute atomic E-state index is 12.6. The van der Waals surface area contributed by atoms with Crippen LogP contribution in [0.15, 0.2) is 52.1 Å². The van der Waals surface area contributed by atoms with E-state index in [0.717, 1.165) is 5.56 Å². The fraction of sp³-hybridized carbons (Fsp3) is 0.312. The molecule has 1 atom stereocenters. The van der Waals surface area contributed by atoms with Crippen LogP contribution in [-0.4, -0.2) is 28.3 Å². The third-order valence-electron chi connectivity index (χ3n) is 3.67. The quantitative estimate of drug-likeness (QED) is 0.691. The maximum Gasteiger partial charge on any atom is 0.244 e. The molecule has 3 aromatic rings. The first-order valence-corrected chi connectivity index (χ1v) is 9.35. The van der Waals surface area contributed by atoms with Gasteiger partial charge in [0.2, 0.25) is 15.9 Å². The molecule has 132 valence electrons. The van der Waals surface area contributed by atoms with Gasteiger partial charge in [-0.05, 0) is 12.0 Å². The number of hydrogen-bond donors (Lipinski definition) is 1. The highest BCUT2D eigenvalue weighted by Crippen LogP contribution is 2.18. The second kappa shape index (κ2) is 7.16. The van der Waals surface area contributed by atoms with Crippen molar-refractivity contribution in [3.63, 3.8) is 0 Å². The van der Waals surface area contributed by atoms with Crippen molar-refractivity contribution in [1.82, 2.24) is 24.6 Å². The van der Waals surface area contributed by atoms with E-state index in [9.17, 15) is 8.42 Å².